The molecule has 4 aliphatic rings. The number of methoxy groups -OCH3 is 1. The first-order valence-corrected chi connectivity index (χ1v) is 16.7. The standard InChI is InChI=1S/C35H45FN8O6/c1-38-22-40-34(25-6-7-31(26(14-25)16-37)50-32-8-9-44(18-28(32)36)35(47)30(46)19-45)41-23-39-27-4-3-5-29(33(15-27)48-2)43-12-10-42(11-13-43)17-24-20-49-21-24/h3,5-7,14-15,22,24,28,30,32,39,45-46H,1,4,8-13,17-21,23H2,2H3/t28-,30-,32+/m1/s1. The molecule has 5 rings (SSSR count). The minimum absolute atomic E-state index is 0.136. The number of ether oxygens (including phenoxy) is 3. The number of amidine groups is 1. The van der Waals surface area contributed by atoms with E-state index in [4.69, 9.17) is 19.3 Å². The van der Waals surface area contributed by atoms with Crippen LogP contribution >= 0.6 is 0 Å². The molecule has 3 N–H and O–H groups in total. The fraction of sp³-hybridized carbons (Fsp3) is 0.514. The van der Waals surface area contributed by atoms with E-state index in [1.54, 1.807) is 25.3 Å². The lowest BCUT2D eigenvalue weighted by atomic mass is 10.0. The Balaban J connectivity index is 1.22. The molecule has 3 atom stereocenters. The number of piperazine rings is 1. The van der Waals surface area contributed by atoms with Crippen molar-refractivity contribution in [2.45, 2.75) is 31.2 Å². The number of nitrogens with one attached hydrogen (secondary N) is 1. The van der Waals surface area contributed by atoms with E-state index in [0.717, 1.165) is 68.0 Å². The number of piperidine rings is 1. The van der Waals surface area contributed by atoms with Crippen LogP contribution in [0, 0.1) is 17.2 Å². The number of likely N-dealkylation sites (tertiary alicyclic amines) is 1. The Morgan fingerprint density at radius 1 is 1.28 bits per heavy atom. The van der Waals surface area contributed by atoms with Crippen molar-refractivity contribution >= 4 is 24.8 Å². The molecule has 0 unspecified atom stereocenters. The smallest absolute Gasteiger partial charge is 0.253 e. The van der Waals surface area contributed by atoms with Gasteiger partial charge in [-0.2, -0.15) is 5.26 Å². The number of halogens is 1. The second-order valence-corrected chi connectivity index (χ2v) is 12.4. The van der Waals surface area contributed by atoms with Crippen molar-refractivity contribution in [2.75, 3.05) is 79.4 Å². The number of hydrogen-bond donors (Lipinski definition) is 3. The second-order valence-electron chi connectivity index (χ2n) is 12.4. The fourth-order valence-corrected chi connectivity index (χ4v) is 6.19. The van der Waals surface area contributed by atoms with Gasteiger partial charge >= 0.3 is 0 Å². The number of aliphatic imine (C=N–C) groups is 3. The van der Waals surface area contributed by atoms with Crippen molar-refractivity contribution in [2.24, 2.45) is 20.9 Å². The predicted octanol–water partition coefficient (Wildman–Crippen LogP) is 1.22. The molecule has 0 spiro atoms. The van der Waals surface area contributed by atoms with Crippen molar-refractivity contribution in [1.82, 2.24) is 20.0 Å². The highest BCUT2D eigenvalue weighted by Gasteiger charge is 2.35. The monoisotopic (exact) mass is 692 g/mol. The van der Waals surface area contributed by atoms with Crippen LogP contribution in [0.25, 0.3) is 0 Å². The zero-order valence-electron chi connectivity index (χ0n) is 28.3. The van der Waals surface area contributed by atoms with E-state index in [9.17, 15) is 15.2 Å². The number of carbonyl (C=O) groups excluding carboxylic acids is 1. The molecule has 50 heavy (non-hydrogen) atoms. The Labute approximate surface area is 291 Å². The molecule has 1 aliphatic carbocycles. The van der Waals surface area contributed by atoms with Crippen LogP contribution in [-0.4, -0.2) is 148 Å². The maximum atomic E-state index is 15.0. The minimum atomic E-state index is -1.59. The molecular formula is C35H45FN8O6. The lowest BCUT2D eigenvalue weighted by Gasteiger charge is -2.39. The van der Waals surface area contributed by atoms with Crippen molar-refractivity contribution in [3.05, 3.63) is 64.7 Å². The Bertz CT molecular complexity index is 1560. The van der Waals surface area contributed by atoms with Crippen molar-refractivity contribution < 1.29 is 33.6 Å². The second kappa shape index (κ2) is 17.9. The summed E-state index contributed by atoms with van der Waals surface area (Å²) in [5.74, 6) is 1.16. The quantitative estimate of drug-likeness (QED) is 0.202. The molecule has 15 heteroatoms. The summed E-state index contributed by atoms with van der Waals surface area (Å²) in [5.41, 5.74) is 2.63. The first kappa shape index (κ1) is 36.7. The summed E-state index contributed by atoms with van der Waals surface area (Å²) >= 11 is 0. The third-order valence-electron chi connectivity index (χ3n) is 9.01. The van der Waals surface area contributed by atoms with Crippen LogP contribution in [-0.2, 0) is 14.3 Å². The maximum absolute atomic E-state index is 15.0. The van der Waals surface area contributed by atoms with E-state index >= 15 is 4.39 Å². The fourth-order valence-electron chi connectivity index (χ4n) is 6.19. The number of nitriles is 1. The molecule has 1 aromatic rings. The summed E-state index contributed by atoms with van der Waals surface area (Å²) in [6.45, 7) is 9.36. The summed E-state index contributed by atoms with van der Waals surface area (Å²) in [6, 6.07) is 6.89. The molecule has 1 aromatic carbocycles. The third-order valence-corrected chi connectivity index (χ3v) is 9.01. The Kier molecular flexibility index (Phi) is 13.1. The topological polar surface area (TPSA) is 168 Å². The normalized spacial score (nSPS) is 22.8. The van der Waals surface area contributed by atoms with Gasteiger partial charge in [0.15, 0.2) is 18.1 Å². The van der Waals surface area contributed by atoms with Gasteiger partial charge in [-0.25, -0.2) is 14.4 Å². The predicted molar refractivity (Wildman–Crippen MR) is 186 cm³/mol. The zero-order valence-corrected chi connectivity index (χ0v) is 28.3. The van der Waals surface area contributed by atoms with Gasteiger partial charge in [-0.1, -0.05) is 6.08 Å². The van der Waals surface area contributed by atoms with Crippen LogP contribution in [0.1, 0.15) is 24.0 Å². The van der Waals surface area contributed by atoms with E-state index in [0.29, 0.717) is 23.7 Å². The van der Waals surface area contributed by atoms with Gasteiger partial charge in [-0.15, -0.1) is 0 Å². The Morgan fingerprint density at radius 3 is 2.74 bits per heavy atom. The average Bonchev–Trinajstić information content (AvgIpc) is 3.34. The number of hydrogen-bond acceptors (Lipinski definition) is 11. The molecule has 0 aromatic heterocycles. The molecule has 14 nitrogen and oxygen atoms in total. The summed E-state index contributed by atoms with van der Waals surface area (Å²) < 4.78 is 32.0. The van der Waals surface area contributed by atoms with Gasteiger partial charge in [0.25, 0.3) is 5.91 Å². The molecule has 3 saturated heterocycles. The number of rotatable bonds is 13. The molecular weight excluding hydrogens is 647 g/mol. The van der Waals surface area contributed by atoms with E-state index in [1.807, 2.05) is 6.08 Å². The van der Waals surface area contributed by atoms with E-state index in [-0.39, 0.29) is 37.5 Å². The first-order chi connectivity index (χ1) is 24.3. The van der Waals surface area contributed by atoms with Crippen molar-refractivity contribution in [3.63, 3.8) is 0 Å². The summed E-state index contributed by atoms with van der Waals surface area (Å²) in [5, 5.41) is 31.9. The largest absolute Gasteiger partial charge is 0.495 e. The van der Waals surface area contributed by atoms with Gasteiger partial charge < -0.3 is 39.5 Å². The number of carbonyl (C=O) groups is 1. The van der Waals surface area contributed by atoms with Crippen LogP contribution in [0.5, 0.6) is 5.75 Å². The molecule has 3 aliphatic heterocycles. The SMILES string of the molecule is C=NC=NC(=NCNC1=CC(OC)=C(N2CCN(CC3COC3)CC2)C=CC1)c1ccc(O[C@H]2CCN(C(=O)[C@H](O)CO)C[C@H]2F)c(C#N)c1. The zero-order chi connectivity index (χ0) is 35.5. The van der Waals surface area contributed by atoms with E-state index < -0.39 is 30.9 Å². The van der Waals surface area contributed by atoms with Crippen molar-refractivity contribution in [3.8, 4) is 11.8 Å². The molecule has 0 bridgehead atoms. The van der Waals surface area contributed by atoms with Gasteiger partial charge in [0.1, 0.15) is 36.7 Å². The molecule has 0 saturated carbocycles. The van der Waals surface area contributed by atoms with Gasteiger partial charge in [-0.05, 0) is 31.0 Å². The lowest BCUT2D eigenvalue weighted by Crippen LogP contribution is -2.52. The van der Waals surface area contributed by atoms with Gasteiger partial charge in [0.2, 0.25) is 0 Å². The number of allylic oxidation sites excluding steroid dienone is 3. The number of alkyl halides is 1. The molecule has 3 fully saturated rings. The van der Waals surface area contributed by atoms with Crippen LogP contribution < -0.4 is 10.1 Å². The Morgan fingerprint density at radius 2 is 2.08 bits per heavy atom. The highest BCUT2D eigenvalue weighted by Crippen LogP contribution is 2.27. The Hall–Kier alpha value is -4.62. The summed E-state index contributed by atoms with van der Waals surface area (Å²) in [7, 11) is 1.67. The number of benzene rings is 1. The first-order valence-electron chi connectivity index (χ1n) is 16.7. The number of nitrogens with zero attached hydrogens (tertiary/aromatic N) is 7. The average molecular weight is 693 g/mol. The molecule has 0 radical (unpaired) electrons. The van der Waals surface area contributed by atoms with Gasteiger partial charge in [0, 0.05) is 75.4 Å². The number of aliphatic hydroxyl groups excluding tert-OH is 2. The van der Waals surface area contributed by atoms with Crippen LogP contribution in [0.2, 0.25) is 0 Å². The van der Waals surface area contributed by atoms with Crippen LogP contribution in [0.15, 0.2) is 68.6 Å². The molecule has 1 amide bonds. The maximum Gasteiger partial charge on any atom is 0.253 e. The number of aliphatic hydroxyl groups is 2. The van der Waals surface area contributed by atoms with Gasteiger partial charge in [0.05, 0.1) is 44.7 Å². The third kappa shape index (κ3) is 9.33. The van der Waals surface area contributed by atoms with E-state index in [1.165, 1.54) is 6.34 Å². The number of amides is 1. The lowest BCUT2D eigenvalue weighted by molar-refractivity contribution is -0.146. The van der Waals surface area contributed by atoms with Crippen LogP contribution in [0.4, 0.5) is 4.39 Å². The summed E-state index contributed by atoms with van der Waals surface area (Å²) in [4.78, 5) is 30.8. The minimum Gasteiger partial charge on any atom is -0.495 e. The highest BCUT2D eigenvalue weighted by atomic mass is 19.1. The molecule has 268 valence electrons. The van der Waals surface area contributed by atoms with Crippen LogP contribution in [0.3, 0.4) is 0 Å². The summed E-state index contributed by atoms with van der Waals surface area (Å²) in [6.07, 6.45) is 4.19. The molecule has 3 heterocycles. The van der Waals surface area contributed by atoms with Crippen molar-refractivity contribution in [1.29, 1.82) is 5.26 Å². The van der Waals surface area contributed by atoms with Gasteiger partial charge in [-0.3, -0.25) is 14.7 Å². The highest BCUT2D eigenvalue weighted by molar-refractivity contribution is 6.03. The van der Waals surface area contributed by atoms with E-state index in [2.05, 4.69) is 55.0 Å².